The van der Waals surface area contributed by atoms with E-state index in [1.807, 2.05) is 25.9 Å². The smallest absolute Gasteiger partial charge is 0.239 e. The lowest BCUT2D eigenvalue weighted by atomic mass is 10.1. The molecule has 1 amide bonds. The van der Waals surface area contributed by atoms with E-state index in [0.717, 1.165) is 32.4 Å². The average Bonchev–Trinajstić information content (AvgIpc) is 2.62. The van der Waals surface area contributed by atoms with Gasteiger partial charge in [0.25, 0.3) is 0 Å². The molecule has 4 heteroatoms. The van der Waals surface area contributed by atoms with Crippen LogP contribution in [0.3, 0.4) is 0 Å². The highest BCUT2D eigenvalue weighted by Gasteiger charge is 2.30. The lowest BCUT2D eigenvalue weighted by molar-refractivity contribution is -0.133. The number of carbonyl (C=O) groups is 1. The van der Waals surface area contributed by atoms with Crippen molar-refractivity contribution in [2.45, 2.75) is 38.3 Å². The fraction of sp³-hybridized carbons (Fsp3) is 0.909. The standard InChI is InChI=1S/C11H23N3O/c1-4-10(12)11(15)14-7-5-6-9(14)8-13(2)3/h9-10H,4-8,12H2,1-3H3/t9?,10-/m1/s1. The van der Waals surface area contributed by atoms with Crippen LogP contribution in [0.2, 0.25) is 0 Å². The molecule has 0 bridgehead atoms. The van der Waals surface area contributed by atoms with Gasteiger partial charge in [-0.3, -0.25) is 4.79 Å². The van der Waals surface area contributed by atoms with Crippen molar-refractivity contribution in [1.29, 1.82) is 0 Å². The maximum absolute atomic E-state index is 12.0. The fourth-order valence-corrected chi connectivity index (χ4v) is 2.12. The van der Waals surface area contributed by atoms with Crippen LogP contribution in [-0.2, 0) is 4.79 Å². The third-order valence-corrected chi connectivity index (χ3v) is 2.99. The number of hydrogen-bond donors (Lipinski definition) is 1. The van der Waals surface area contributed by atoms with Gasteiger partial charge in [0.2, 0.25) is 5.91 Å². The molecule has 1 rings (SSSR count). The zero-order valence-electron chi connectivity index (χ0n) is 10.1. The molecule has 88 valence electrons. The summed E-state index contributed by atoms with van der Waals surface area (Å²) in [7, 11) is 4.08. The molecular weight excluding hydrogens is 190 g/mol. The van der Waals surface area contributed by atoms with Gasteiger partial charge in [0.1, 0.15) is 0 Å². The van der Waals surface area contributed by atoms with Crippen molar-refractivity contribution in [3.05, 3.63) is 0 Å². The molecular formula is C11H23N3O. The third kappa shape index (κ3) is 3.18. The molecule has 1 aliphatic rings. The molecule has 1 heterocycles. The summed E-state index contributed by atoms with van der Waals surface area (Å²) in [6.07, 6.45) is 2.95. The van der Waals surface area contributed by atoms with Gasteiger partial charge in [-0.05, 0) is 33.4 Å². The predicted molar refractivity (Wildman–Crippen MR) is 61.6 cm³/mol. The molecule has 15 heavy (non-hydrogen) atoms. The second-order valence-corrected chi connectivity index (χ2v) is 4.60. The number of rotatable bonds is 4. The van der Waals surface area contributed by atoms with Crippen molar-refractivity contribution < 1.29 is 4.79 Å². The van der Waals surface area contributed by atoms with Crippen LogP contribution in [0.25, 0.3) is 0 Å². The van der Waals surface area contributed by atoms with Crippen molar-refractivity contribution in [1.82, 2.24) is 9.80 Å². The number of amides is 1. The van der Waals surface area contributed by atoms with E-state index in [1.54, 1.807) is 0 Å². The molecule has 1 fully saturated rings. The van der Waals surface area contributed by atoms with Crippen LogP contribution in [0.4, 0.5) is 0 Å². The molecule has 1 saturated heterocycles. The molecule has 0 aromatic carbocycles. The first-order chi connectivity index (χ1) is 7.06. The quantitative estimate of drug-likeness (QED) is 0.729. The van der Waals surface area contributed by atoms with Crippen LogP contribution in [0.5, 0.6) is 0 Å². The predicted octanol–water partition coefficient (Wildman–Crippen LogP) is 0.276. The van der Waals surface area contributed by atoms with Gasteiger partial charge >= 0.3 is 0 Å². The van der Waals surface area contributed by atoms with Crippen LogP contribution in [0.1, 0.15) is 26.2 Å². The van der Waals surface area contributed by atoms with E-state index in [4.69, 9.17) is 5.73 Å². The zero-order valence-corrected chi connectivity index (χ0v) is 10.1. The van der Waals surface area contributed by atoms with Gasteiger partial charge in [-0.2, -0.15) is 0 Å². The third-order valence-electron chi connectivity index (χ3n) is 2.99. The van der Waals surface area contributed by atoms with E-state index in [0.29, 0.717) is 6.04 Å². The second kappa shape index (κ2) is 5.47. The molecule has 0 radical (unpaired) electrons. The van der Waals surface area contributed by atoms with Crippen molar-refractivity contribution in [3.8, 4) is 0 Å². The minimum atomic E-state index is -0.312. The van der Waals surface area contributed by atoms with Crippen molar-refractivity contribution in [3.63, 3.8) is 0 Å². The van der Waals surface area contributed by atoms with E-state index >= 15 is 0 Å². The minimum absolute atomic E-state index is 0.127. The first kappa shape index (κ1) is 12.5. The number of carbonyl (C=O) groups excluding carboxylic acids is 1. The topological polar surface area (TPSA) is 49.6 Å². The van der Waals surface area contributed by atoms with E-state index in [2.05, 4.69) is 4.90 Å². The van der Waals surface area contributed by atoms with Gasteiger partial charge in [-0.15, -0.1) is 0 Å². The Kier molecular flexibility index (Phi) is 4.54. The van der Waals surface area contributed by atoms with Crippen LogP contribution in [0, 0.1) is 0 Å². The molecule has 2 atom stereocenters. The highest BCUT2D eigenvalue weighted by atomic mass is 16.2. The first-order valence-electron chi connectivity index (χ1n) is 5.77. The van der Waals surface area contributed by atoms with Crippen LogP contribution in [0.15, 0.2) is 0 Å². The summed E-state index contributed by atoms with van der Waals surface area (Å²) in [5.41, 5.74) is 5.78. The van der Waals surface area contributed by atoms with E-state index < -0.39 is 0 Å². The summed E-state index contributed by atoms with van der Waals surface area (Å²) in [5, 5.41) is 0. The average molecular weight is 213 g/mol. The number of nitrogens with zero attached hydrogens (tertiary/aromatic N) is 2. The van der Waals surface area contributed by atoms with Crippen molar-refractivity contribution in [2.75, 3.05) is 27.2 Å². The monoisotopic (exact) mass is 213 g/mol. The summed E-state index contributed by atoms with van der Waals surface area (Å²) < 4.78 is 0. The van der Waals surface area contributed by atoms with E-state index in [1.165, 1.54) is 0 Å². The van der Waals surface area contributed by atoms with Crippen molar-refractivity contribution >= 4 is 5.91 Å². The summed E-state index contributed by atoms with van der Waals surface area (Å²) in [6.45, 7) is 3.78. The number of likely N-dealkylation sites (N-methyl/N-ethyl adjacent to an activating group) is 1. The molecule has 0 aromatic rings. The van der Waals surface area contributed by atoms with Gasteiger partial charge in [-0.1, -0.05) is 6.92 Å². The molecule has 1 aliphatic heterocycles. The van der Waals surface area contributed by atoms with Gasteiger partial charge < -0.3 is 15.5 Å². The summed E-state index contributed by atoms with van der Waals surface area (Å²) in [6, 6.07) is 0.0536. The van der Waals surface area contributed by atoms with Gasteiger partial charge in [-0.25, -0.2) is 0 Å². The minimum Gasteiger partial charge on any atom is -0.337 e. The van der Waals surface area contributed by atoms with Gasteiger partial charge in [0, 0.05) is 19.1 Å². The SMILES string of the molecule is CC[C@@H](N)C(=O)N1CCCC1CN(C)C. The molecule has 0 aliphatic carbocycles. The highest BCUT2D eigenvalue weighted by Crippen LogP contribution is 2.18. The summed E-state index contributed by atoms with van der Waals surface area (Å²) in [5.74, 6) is 0.127. The fourth-order valence-electron chi connectivity index (χ4n) is 2.12. The molecule has 4 nitrogen and oxygen atoms in total. The molecule has 0 aromatic heterocycles. The Morgan fingerprint density at radius 3 is 2.80 bits per heavy atom. The molecule has 1 unspecified atom stereocenters. The Labute approximate surface area is 92.4 Å². The Morgan fingerprint density at radius 2 is 2.27 bits per heavy atom. The summed E-state index contributed by atoms with van der Waals surface area (Å²) in [4.78, 5) is 16.0. The lowest BCUT2D eigenvalue weighted by Crippen LogP contribution is -2.48. The van der Waals surface area contributed by atoms with Gasteiger partial charge in [0.15, 0.2) is 0 Å². The first-order valence-corrected chi connectivity index (χ1v) is 5.77. The number of nitrogens with two attached hydrogens (primary N) is 1. The highest BCUT2D eigenvalue weighted by molar-refractivity contribution is 5.82. The van der Waals surface area contributed by atoms with Crippen molar-refractivity contribution in [2.24, 2.45) is 5.73 Å². The maximum Gasteiger partial charge on any atom is 0.239 e. The number of likely N-dealkylation sites (tertiary alicyclic amines) is 1. The Balaban J connectivity index is 2.55. The van der Waals surface area contributed by atoms with Crippen LogP contribution < -0.4 is 5.73 Å². The summed E-state index contributed by atoms with van der Waals surface area (Å²) >= 11 is 0. The van der Waals surface area contributed by atoms with Gasteiger partial charge in [0.05, 0.1) is 6.04 Å². The molecule has 0 saturated carbocycles. The largest absolute Gasteiger partial charge is 0.337 e. The normalized spacial score (nSPS) is 23.5. The van der Waals surface area contributed by atoms with E-state index in [-0.39, 0.29) is 11.9 Å². The molecule has 0 spiro atoms. The maximum atomic E-state index is 12.0. The molecule has 2 N–H and O–H groups in total. The second-order valence-electron chi connectivity index (χ2n) is 4.60. The Morgan fingerprint density at radius 1 is 1.60 bits per heavy atom. The Bertz CT molecular complexity index is 218. The number of hydrogen-bond acceptors (Lipinski definition) is 3. The zero-order chi connectivity index (χ0) is 11.4. The van der Waals surface area contributed by atoms with Crippen LogP contribution in [-0.4, -0.2) is 55.0 Å². The van der Waals surface area contributed by atoms with E-state index in [9.17, 15) is 4.79 Å². The lowest BCUT2D eigenvalue weighted by Gasteiger charge is -2.29. The Hall–Kier alpha value is -0.610. The van der Waals surface area contributed by atoms with Crippen LogP contribution >= 0.6 is 0 Å².